The topological polar surface area (TPSA) is 32.3 Å². The fourth-order valence-corrected chi connectivity index (χ4v) is 2.09. The van der Waals surface area contributed by atoms with Gasteiger partial charge in [0.05, 0.1) is 6.61 Å². The van der Waals surface area contributed by atoms with E-state index in [1.54, 1.807) is 0 Å². The Balaban J connectivity index is 2.27. The van der Waals surface area contributed by atoms with Gasteiger partial charge in [-0.2, -0.15) is 0 Å². The van der Waals surface area contributed by atoms with Crippen LogP contribution in [0.1, 0.15) is 11.1 Å². The van der Waals surface area contributed by atoms with Gasteiger partial charge in [-0.25, -0.2) is 0 Å². The minimum Gasteiger partial charge on any atom is -0.395 e. The molecule has 2 rings (SSSR count). The molecular weight excluding hydrogens is 230 g/mol. The standard InChI is InChI=1S/C10H12BrNO/c11-9-2-1-7-5-12-10(6-13)4-8(7)3-9/h1-3,10,12-13H,4-6H2. The predicted molar refractivity (Wildman–Crippen MR) is 55.6 cm³/mol. The second-order valence-corrected chi connectivity index (χ2v) is 4.29. The Hall–Kier alpha value is -0.380. The molecule has 0 saturated heterocycles. The van der Waals surface area contributed by atoms with E-state index in [2.05, 4.69) is 39.4 Å². The van der Waals surface area contributed by atoms with Gasteiger partial charge in [-0.3, -0.25) is 0 Å². The molecule has 13 heavy (non-hydrogen) atoms. The number of fused-ring (bicyclic) bond motifs is 1. The molecule has 1 atom stereocenters. The second-order valence-electron chi connectivity index (χ2n) is 3.38. The van der Waals surface area contributed by atoms with Crippen molar-refractivity contribution in [2.24, 2.45) is 0 Å². The number of rotatable bonds is 1. The lowest BCUT2D eigenvalue weighted by Gasteiger charge is -2.24. The quantitative estimate of drug-likeness (QED) is 0.781. The number of halogens is 1. The van der Waals surface area contributed by atoms with E-state index >= 15 is 0 Å². The first-order chi connectivity index (χ1) is 6.29. The molecule has 0 aliphatic carbocycles. The summed E-state index contributed by atoms with van der Waals surface area (Å²) in [7, 11) is 0. The molecule has 0 fully saturated rings. The minimum absolute atomic E-state index is 0.214. The van der Waals surface area contributed by atoms with E-state index in [1.807, 2.05) is 0 Å². The molecule has 0 bridgehead atoms. The summed E-state index contributed by atoms with van der Waals surface area (Å²) < 4.78 is 1.12. The van der Waals surface area contributed by atoms with Crippen molar-refractivity contribution in [3.05, 3.63) is 33.8 Å². The molecule has 0 amide bonds. The molecule has 1 aromatic carbocycles. The van der Waals surface area contributed by atoms with Crippen molar-refractivity contribution >= 4 is 15.9 Å². The van der Waals surface area contributed by atoms with Gasteiger partial charge >= 0.3 is 0 Å². The van der Waals surface area contributed by atoms with Gasteiger partial charge in [0.25, 0.3) is 0 Å². The molecule has 0 radical (unpaired) electrons. The zero-order valence-corrected chi connectivity index (χ0v) is 8.84. The van der Waals surface area contributed by atoms with Crippen LogP contribution in [0.3, 0.4) is 0 Å². The normalized spacial score (nSPS) is 21.2. The van der Waals surface area contributed by atoms with Crippen LogP contribution in [-0.4, -0.2) is 17.8 Å². The summed E-state index contributed by atoms with van der Waals surface area (Å²) in [4.78, 5) is 0. The van der Waals surface area contributed by atoms with Gasteiger partial charge in [0.15, 0.2) is 0 Å². The minimum atomic E-state index is 0.214. The zero-order valence-electron chi connectivity index (χ0n) is 7.26. The van der Waals surface area contributed by atoms with Crippen LogP contribution in [0.4, 0.5) is 0 Å². The largest absolute Gasteiger partial charge is 0.395 e. The monoisotopic (exact) mass is 241 g/mol. The van der Waals surface area contributed by atoms with E-state index < -0.39 is 0 Å². The van der Waals surface area contributed by atoms with Crippen LogP contribution in [0.2, 0.25) is 0 Å². The Labute approximate surface area is 86.1 Å². The average Bonchev–Trinajstić information content (AvgIpc) is 2.16. The lowest BCUT2D eigenvalue weighted by atomic mass is 9.96. The van der Waals surface area contributed by atoms with Crippen LogP contribution in [0.15, 0.2) is 22.7 Å². The van der Waals surface area contributed by atoms with E-state index in [0.717, 1.165) is 17.4 Å². The molecule has 0 spiro atoms. The number of nitrogens with one attached hydrogen (secondary N) is 1. The highest BCUT2D eigenvalue weighted by molar-refractivity contribution is 9.10. The van der Waals surface area contributed by atoms with Crippen molar-refractivity contribution in [3.8, 4) is 0 Å². The van der Waals surface area contributed by atoms with Crippen LogP contribution in [-0.2, 0) is 13.0 Å². The first kappa shape index (κ1) is 9.19. The van der Waals surface area contributed by atoms with E-state index in [9.17, 15) is 0 Å². The molecule has 70 valence electrons. The van der Waals surface area contributed by atoms with Crippen molar-refractivity contribution in [2.75, 3.05) is 6.61 Å². The van der Waals surface area contributed by atoms with Gasteiger partial charge in [-0.1, -0.05) is 22.0 Å². The molecule has 0 aromatic heterocycles. The lowest BCUT2D eigenvalue weighted by Crippen LogP contribution is -2.38. The molecule has 2 N–H and O–H groups in total. The molecule has 2 nitrogen and oxygen atoms in total. The maximum atomic E-state index is 9.01. The highest BCUT2D eigenvalue weighted by Crippen LogP contribution is 2.21. The summed E-state index contributed by atoms with van der Waals surface area (Å²) in [6, 6.07) is 6.54. The van der Waals surface area contributed by atoms with Gasteiger partial charge in [0, 0.05) is 17.1 Å². The maximum absolute atomic E-state index is 9.01. The molecular formula is C10H12BrNO. The lowest BCUT2D eigenvalue weighted by molar-refractivity contribution is 0.236. The summed E-state index contributed by atoms with van der Waals surface area (Å²) in [6.07, 6.45) is 0.922. The summed E-state index contributed by atoms with van der Waals surface area (Å²) in [5.41, 5.74) is 2.68. The first-order valence-corrected chi connectivity index (χ1v) is 5.20. The van der Waals surface area contributed by atoms with Crippen LogP contribution in [0.5, 0.6) is 0 Å². The fraction of sp³-hybridized carbons (Fsp3) is 0.400. The summed E-state index contributed by atoms with van der Waals surface area (Å²) in [5.74, 6) is 0. The van der Waals surface area contributed by atoms with E-state index in [-0.39, 0.29) is 12.6 Å². The number of benzene rings is 1. The van der Waals surface area contributed by atoms with Crippen molar-refractivity contribution in [2.45, 2.75) is 19.0 Å². The van der Waals surface area contributed by atoms with Gasteiger partial charge in [0.1, 0.15) is 0 Å². The molecule has 1 aromatic rings. The Morgan fingerprint density at radius 3 is 3.08 bits per heavy atom. The third-order valence-corrected chi connectivity index (χ3v) is 2.93. The van der Waals surface area contributed by atoms with Crippen LogP contribution < -0.4 is 5.32 Å². The molecule has 0 saturated carbocycles. The van der Waals surface area contributed by atoms with Crippen molar-refractivity contribution < 1.29 is 5.11 Å². The zero-order chi connectivity index (χ0) is 9.26. The van der Waals surface area contributed by atoms with Crippen LogP contribution in [0, 0.1) is 0 Å². The predicted octanol–water partition coefficient (Wildman–Crippen LogP) is 1.46. The first-order valence-electron chi connectivity index (χ1n) is 4.41. The van der Waals surface area contributed by atoms with Crippen molar-refractivity contribution in [1.82, 2.24) is 5.32 Å². The smallest absolute Gasteiger partial charge is 0.0587 e. The third-order valence-electron chi connectivity index (χ3n) is 2.44. The summed E-state index contributed by atoms with van der Waals surface area (Å²) in [6.45, 7) is 1.08. The molecule has 3 heteroatoms. The number of hydrogen-bond donors (Lipinski definition) is 2. The van der Waals surface area contributed by atoms with Gasteiger partial charge in [0.2, 0.25) is 0 Å². The SMILES string of the molecule is OCC1Cc2cc(Br)ccc2CN1. The van der Waals surface area contributed by atoms with E-state index in [0.29, 0.717) is 0 Å². The summed E-state index contributed by atoms with van der Waals surface area (Å²) in [5, 5.41) is 12.3. The third kappa shape index (κ3) is 1.93. The van der Waals surface area contributed by atoms with Crippen LogP contribution >= 0.6 is 15.9 Å². The van der Waals surface area contributed by atoms with E-state index in [4.69, 9.17) is 5.11 Å². The van der Waals surface area contributed by atoms with E-state index in [1.165, 1.54) is 11.1 Å². The number of hydrogen-bond acceptors (Lipinski definition) is 2. The van der Waals surface area contributed by atoms with Gasteiger partial charge in [-0.05, 0) is 29.7 Å². The molecule has 1 unspecified atom stereocenters. The number of aliphatic hydroxyl groups excluding tert-OH is 1. The Bertz CT molecular complexity index is 314. The van der Waals surface area contributed by atoms with Gasteiger partial charge in [-0.15, -0.1) is 0 Å². The maximum Gasteiger partial charge on any atom is 0.0587 e. The van der Waals surface area contributed by atoms with Crippen molar-refractivity contribution in [1.29, 1.82) is 0 Å². The fourth-order valence-electron chi connectivity index (χ4n) is 1.68. The Kier molecular flexibility index (Phi) is 2.67. The Morgan fingerprint density at radius 2 is 2.31 bits per heavy atom. The highest BCUT2D eigenvalue weighted by atomic mass is 79.9. The second kappa shape index (κ2) is 3.78. The highest BCUT2D eigenvalue weighted by Gasteiger charge is 2.16. The number of aliphatic hydroxyl groups is 1. The summed E-state index contributed by atoms with van der Waals surface area (Å²) >= 11 is 3.45. The Morgan fingerprint density at radius 1 is 1.46 bits per heavy atom. The van der Waals surface area contributed by atoms with Crippen molar-refractivity contribution in [3.63, 3.8) is 0 Å². The van der Waals surface area contributed by atoms with Gasteiger partial charge < -0.3 is 10.4 Å². The molecule has 1 aliphatic rings. The van der Waals surface area contributed by atoms with Crippen LogP contribution in [0.25, 0.3) is 0 Å². The molecule has 1 heterocycles. The molecule has 1 aliphatic heterocycles. The average molecular weight is 242 g/mol.